The molecule has 1 aromatic heterocycles. The summed E-state index contributed by atoms with van der Waals surface area (Å²) in [4.78, 5) is 16.5. The first kappa shape index (κ1) is 16.2. The van der Waals surface area contributed by atoms with Gasteiger partial charge in [0.25, 0.3) is 0 Å². The number of carbonyl (C=O) groups excluding carboxylic acids is 1. The number of pyridine rings is 1. The maximum absolute atomic E-state index is 12.0. The molecule has 0 aliphatic heterocycles. The van der Waals surface area contributed by atoms with Gasteiger partial charge in [0.2, 0.25) is 5.91 Å². The summed E-state index contributed by atoms with van der Waals surface area (Å²) in [7, 11) is 0. The highest BCUT2D eigenvalue weighted by molar-refractivity contribution is 5.92. The van der Waals surface area contributed by atoms with Gasteiger partial charge in [-0.1, -0.05) is 38.1 Å². The van der Waals surface area contributed by atoms with E-state index in [2.05, 4.69) is 10.3 Å². The van der Waals surface area contributed by atoms with Gasteiger partial charge in [-0.05, 0) is 30.5 Å². The van der Waals surface area contributed by atoms with Crippen LogP contribution in [0.2, 0.25) is 0 Å². The van der Waals surface area contributed by atoms with E-state index in [-0.39, 0.29) is 24.5 Å². The Hall–Kier alpha value is -2.20. The number of nitrogens with one attached hydrogen (secondary N) is 1. The molecule has 4 nitrogen and oxygen atoms in total. The summed E-state index contributed by atoms with van der Waals surface area (Å²) in [6, 6.07) is 11.7. The number of hydrogen-bond donors (Lipinski definition) is 2. The van der Waals surface area contributed by atoms with Crippen molar-refractivity contribution in [3.05, 3.63) is 48.2 Å². The molecule has 0 radical (unpaired) electrons. The van der Waals surface area contributed by atoms with Crippen molar-refractivity contribution in [3.63, 3.8) is 0 Å². The predicted octanol–water partition coefficient (Wildman–Crippen LogP) is 2.77. The van der Waals surface area contributed by atoms with Gasteiger partial charge in [0.1, 0.15) is 0 Å². The number of aliphatic hydroxyl groups is 1. The van der Waals surface area contributed by atoms with Crippen LogP contribution in [0.5, 0.6) is 0 Å². The molecule has 1 atom stereocenters. The smallest absolute Gasteiger partial charge is 0.244 e. The van der Waals surface area contributed by atoms with E-state index in [1.807, 2.05) is 50.2 Å². The first-order valence-corrected chi connectivity index (χ1v) is 7.55. The van der Waals surface area contributed by atoms with Crippen LogP contribution in [0.15, 0.2) is 42.5 Å². The highest BCUT2D eigenvalue weighted by Gasteiger charge is 2.13. The Kier molecular flexibility index (Phi) is 5.67. The van der Waals surface area contributed by atoms with Gasteiger partial charge in [0.15, 0.2) is 0 Å². The Balaban J connectivity index is 2.04. The van der Waals surface area contributed by atoms with E-state index in [9.17, 15) is 4.79 Å². The van der Waals surface area contributed by atoms with Crippen molar-refractivity contribution in [2.75, 3.05) is 6.61 Å². The zero-order valence-electron chi connectivity index (χ0n) is 13.0. The van der Waals surface area contributed by atoms with Crippen molar-refractivity contribution in [1.82, 2.24) is 10.3 Å². The van der Waals surface area contributed by atoms with Crippen molar-refractivity contribution < 1.29 is 9.90 Å². The summed E-state index contributed by atoms with van der Waals surface area (Å²) in [6.07, 6.45) is 3.76. The van der Waals surface area contributed by atoms with E-state index in [1.165, 1.54) is 6.08 Å². The number of nitrogens with zero attached hydrogens (tertiary/aromatic N) is 1. The lowest BCUT2D eigenvalue weighted by molar-refractivity contribution is -0.117. The van der Waals surface area contributed by atoms with Crippen LogP contribution >= 0.6 is 0 Å². The van der Waals surface area contributed by atoms with Crippen LogP contribution in [0.1, 0.15) is 26.0 Å². The fraction of sp³-hybridized carbons (Fsp3) is 0.333. The highest BCUT2D eigenvalue weighted by atomic mass is 16.3. The number of carbonyl (C=O) groups is 1. The second-order valence-corrected chi connectivity index (χ2v) is 5.63. The third-order valence-corrected chi connectivity index (χ3v) is 3.60. The quantitative estimate of drug-likeness (QED) is 0.806. The highest BCUT2D eigenvalue weighted by Crippen LogP contribution is 2.12. The molecule has 0 saturated heterocycles. The molecule has 0 bridgehead atoms. The Morgan fingerprint density at radius 2 is 2.05 bits per heavy atom. The van der Waals surface area contributed by atoms with Gasteiger partial charge >= 0.3 is 0 Å². The third kappa shape index (κ3) is 4.40. The molecule has 2 N–H and O–H groups in total. The van der Waals surface area contributed by atoms with E-state index >= 15 is 0 Å². The lowest BCUT2D eigenvalue weighted by atomic mass is 10.0. The minimum absolute atomic E-state index is 0.0216. The Bertz CT molecular complexity index is 665. The standard InChI is InChI=1S/C18H22N2O2/c1-13(2)16(11-12-21)20-18(22)10-9-15-8-7-14-5-3-4-6-17(14)19-15/h3-10,13,16,21H,11-12H2,1-2H3,(H,20,22)/b10-9+. The summed E-state index contributed by atoms with van der Waals surface area (Å²) in [5, 5.41) is 13.0. The van der Waals surface area contributed by atoms with Crippen LogP contribution in [0.4, 0.5) is 0 Å². The molecule has 1 heterocycles. The summed E-state index contributed by atoms with van der Waals surface area (Å²) in [5.41, 5.74) is 1.66. The van der Waals surface area contributed by atoms with Gasteiger partial charge in [-0.15, -0.1) is 0 Å². The average Bonchev–Trinajstić information content (AvgIpc) is 2.52. The van der Waals surface area contributed by atoms with Gasteiger partial charge in [-0.2, -0.15) is 0 Å². The number of aliphatic hydroxyl groups excluding tert-OH is 1. The third-order valence-electron chi connectivity index (χ3n) is 3.60. The largest absolute Gasteiger partial charge is 0.396 e. The fourth-order valence-corrected chi connectivity index (χ4v) is 2.28. The topological polar surface area (TPSA) is 62.2 Å². The molecule has 0 spiro atoms. The summed E-state index contributed by atoms with van der Waals surface area (Å²) >= 11 is 0. The predicted molar refractivity (Wildman–Crippen MR) is 89.2 cm³/mol. The molecule has 1 aromatic carbocycles. The van der Waals surface area contributed by atoms with Gasteiger partial charge < -0.3 is 10.4 Å². The van der Waals surface area contributed by atoms with Crippen LogP contribution in [-0.2, 0) is 4.79 Å². The second-order valence-electron chi connectivity index (χ2n) is 5.63. The molecule has 2 rings (SSSR count). The minimum Gasteiger partial charge on any atom is -0.396 e. The van der Waals surface area contributed by atoms with Crippen LogP contribution < -0.4 is 5.32 Å². The van der Waals surface area contributed by atoms with Crippen molar-refractivity contribution in [2.45, 2.75) is 26.3 Å². The second kappa shape index (κ2) is 7.71. The Labute approximate surface area is 130 Å². The number of benzene rings is 1. The normalized spacial score (nSPS) is 12.9. The van der Waals surface area contributed by atoms with Crippen molar-refractivity contribution in [2.24, 2.45) is 5.92 Å². The molecular formula is C18H22N2O2. The molecule has 1 unspecified atom stereocenters. The van der Waals surface area contributed by atoms with Gasteiger partial charge in [-0.3, -0.25) is 4.79 Å². The van der Waals surface area contributed by atoms with Gasteiger partial charge in [0, 0.05) is 24.1 Å². The van der Waals surface area contributed by atoms with Gasteiger partial charge in [-0.25, -0.2) is 4.98 Å². The zero-order valence-corrected chi connectivity index (χ0v) is 13.0. The Morgan fingerprint density at radius 1 is 1.27 bits per heavy atom. The fourth-order valence-electron chi connectivity index (χ4n) is 2.28. The van der Waals surface area contributed by atoms with Crippen LogP contribution in [0, 0.1) is 5.92 Å². The van der Waals surface area contributed by atoms with Crippen LogP contribution in [-0.4, -0.2) is 28.6 Å². The molecule has 0 aliphatic rings. The molecule has 0 saturated carbocycles. The van der Waals surface area contributed by atoms with Crippen molar-refractivity contribution >= 4 is 22.9 Å². The van der Waals surface area contributed by atoms with E-state index in [0.29, 0.717) is 6.42 Å². The molecule has 1 amide bonds. The van der Waals surface area contributed by atoms with Crippen LogP contribution in [0.3, 0.4) is 0 Å². The molecular weight excluding hydrogens is 276 g/mol. The lowest BCUT2D eigenvalue weighted by Crippen LogP contribution is -2.38. The molecule has 0 fully saturated rings. The number of amides is 1. The van der Waals surface area contributed by atoms with Crippen molar-refractivity contribution in [3.8, 4) is 0 Å². The summed E-state index contributed by atoms with van der Waals surface area (Å²) < 4.78 is 0. The number of para-hydroxylation sites is 1. The maximum atomic E-state index is 12.0. The number of rotatable bonds is 6. The van der Waals surface area contributed by atoms with Crippen molar-refractivity contribution in [1.29, 1.82) is 0 Å². The molecule has 116 valence electrons. The lowest BCUT2D eigenvalue weighted by Gasteiger charge is -2.20. The summed E-state index contributed by atoms with van der Waals surface area (Å²) in [6.45, 7) is 4.11. The SMILES string of the molecule is CC(C)C(CCO)NC(=O)/C=C/c1ccc2ccccc2n1. The Morgan fingerprint density at radius 3 is 2.77 bits per heavy atom. The van der Waals surface area contributed by atoms with Crippen LogP contribution in [0.25, 0.3) is 17.0 Å². The first-order chi connectivity index (χ1) is 10.6. The monoisotopic (exact) mass is 298 g/mol. The zero-order chi connectivity index (χ0) is 15.9. The number of fused-ring (bicyclic) bond motifs is 1. The molecule has 0 aliphatic carbocycles. The average molecular weight is 298 g/mol. The van der Waals surface area contributed by atoms with E-state index < -0.39 is 0 Å². The number of aromatic nitrogens is 1. The summed E-state index contributed by atoms with van der Waals surface area (Å²) in [5.74, 6) is 0.116. The van der Waals surface area contributed by atoms with E-state index in [0.717, 1.165) is 16.6 Å². The van der Waals surface area contributed by atoms with E-state index in [1.54, 1.807) is 6.08 Å². The molecule has 22 heavy (non-hydrogen) atoms. The minimum atomic E-state index is -0.165. The maximum Gasteiger partial charge on any atom is 0.244 e. The van der Waals surface area contributed by atoms with Gasteiger partial charge in [0.05, 0.1) is 11.2 Å². The molecule has 4 heteroatoms. The number of hydrogen-bond acceptors (Lipinski definition) is 3. The first-order valence-electron chi connectivity index (χ1n) is 7.55. The van der Waals surface area contributed by atoms with E-state index in [4.69, 9.17) is 5.11 Å². The molecule has 2 aromatic rings.